The van der Waals surface area contributed by atoms with Crippen LogP contribution in [0.15, 0.2) is 35.4 Å². The van der Waals surface area contributed by atoms with Crippen LogP contribution in [0.4, 0.5) is 5.69 Å². The van der Waals surface area contributed by atoms with Crippen molar-refractivity contribution in [2.45, 2.75) is 45.4 Å². The highest BCUT2D eigenvalue weighted by atomic mass is 32.1. The molecule has 0 heterocycles. The van der Waals surface area contributed by atoms with Crippen molar-refractivity contribution < 1.29 is 0 Å². The number of benzene rings is 1. The normalized spacial score (nSPS) is 35.2. The maximum atomic E-state index is 5.37. The van der Waals surface area contributed by atoms with Gasteiger partial charge in [0.15, 0.2) is 5.11 Å². The Balaban J connectivity index is 1.41. The molecule has 122 valence electrons. The van der Waals surface area contributed by atoms with Crippen LogP contribution in [-0.4, -0.2) is 10.8 Å². The second kappa shape index (κ2) is 5.90. The summed E-state index contributed by atoms with van der Waals surface area (Å²) in [6.45, 7) is 2.20. The fourth-order valence-electron chi connectivity index (χ4n) is 5.49. The lowest BCUT2D eigenvalue weighted by Gasteiger charge is -2.56. The summed E-state index contributed by atoms with van der Waals surface area (Å²) in [5.41, 5.74) is 5.67. The minimum absolute atomic E-state index is 0.351. The third kappa shape index (κ3) is 3.01. The van der Waals surface area contributed by atoms with Gasteiger partial charge >= 0.3 is 0 Å². The zero-order valence-electron chi connectivity index (χ0n) is 13.7. The van der Waals surface area contributed by atoms with Crippen molar-refractivity contribution in [3.05, 3.63) is 30.3 Å². The Kier molecular flexibility index (Phi) is 3.88. The van der Waals surface area contributed by atoms with Crippen LogP contribution in [0.2, 0.25) is 0 Å². The monoisotopic (exact) mass is 327 g/mol. The highest BCUT2D eigenvalue weighted by Crippen LogP contribution is 2.60. The smallest absolute Gasteiger partial charge is 0.191 e. The summed E-state index contributed by atoms with van der Waals surface area (Å²) < 4.78 is 0. The van der Waals surface area contributed by atoms with E-state index in [-0.39, 0.29) is 0 Å². The van der Waals surface area contributed by atoms with Gasteiger partial charge in [-0.15, -0.1) is 0 Å². The molecule has 4 saturated carbocycles. The van der Waals surface area contributed by atoms with Gasteiger partial charge in [-0.25, -0.2) is 0 Å². The SMILES string of the molecule is CC(=NNC(=S)Nc1ccccc1)C12CC3CC(CC(C3)C1)C2. The van der Waals surface area contributed by atoms with E-state index in [1.165, 1.54) is 44.2 Å². The van der Waals surface area contributed by atoms with Crippen LogP contribution in [0.1, 0.15) is 45.4 Å². The van der Waals surface area contributed by atoms with Crippen LogP contribution >= 0.6 is 12.2 Å². The minimum atomic E-state index is 0.351. The molecule has 0 spiro atoms. The van der Waals surface area contributed by atoms with E-state index in [0.717, 1.165) is 23.4 Å². The quantitative estimate of drug-likeness (QED) is 0.485. The zero-order valence-corrected chi connectivity index (χ0v) is 14.5. The van der Waals surface area contributed by atoms with Crippen LogP contribution in [0.3, 0.4) is 0 Å². The summed E-state index contributed by atoms with van der Waals surface area (Å²) in [6.07, 6.45) is 8.43. The molecule has 0 radical (unpaired) electrons. The van der Waals surface area contributed by atoms with Crippen LogP contribution in [0, 0.1) is 23.2 Å². The van der Waals surface area contributed by atoms with Crippen molar-refractivity contribution in [2.75, 3.05) is 5.32 Å². The van der Waals surface area contributed by atoms with Crippen molar-refractivity contribution in [3.63, 3.8) is 0 Å². The summed E-state index contributed by atoms with van der Waals surface area (Å²) in [4.78, 5) is 0. The predicted molar refractivity (Wildman–Crippen MR) is 99.5 cm³/mol. The summed E-state index contributed by atoms with van der Waals surface area (Å²) in [6, 6.07) is 9.99. The number of thiocarbonyl (C=S) groups is 1. The molecule has 4 fully saturated rings. The van der Waals surface area contributed by atoms with Crippen molar-refractivity contribution >= 4 is 28.7 Å². The molecule has 2 N–H and O–H groups in total. The Morgan fingerprint density at radius 1 is 1.04 bits per heavy atom. The molecule has 4 aliphatic rings. The molecule has 0 amide bonds. The average Bonchev–Trinajstić information content (AvgIpc) is 2.52. The van der Waals surface area contributed by atoms with Gasteiger partial charge in [0, 0.05) is 16.8 Å². The fourth-order valence-corrected chi connectivity index (χ4v) is 5.65. The van der Waals surface area contributed by atoms with E-state index in [4.69, 9.17) is 12.2 Å². The molecule has 1 aromatic rings. The van der Waals surface area contributed by atoms with Crippen molar-refractivity contribution in [1.29, 1.82) is 0 Å². The summed E-state index contributed by atoms with van der Waals surface area (Å²) >= 11 is 5.37. The number of nitrogens with zero attached hydrogens (tertiary/aromatic N) is 1. The first-order chi connectivity index (χ1) is 11.1. The third-order valence-electron chi connectivity index (χ3n) is 6.16. The highest BCUT2D eigenvalue weighted by Gasteiger charge is 2.52. The molecule has 0 aliphatic heterocycles. The van der Waals surface area contributed by atoms with Gasteiger partial charge in [0.2, 0.25) is 0 Å². The molecular weight excluding hydrogens is 302 g/mol. The topological polar surface area (TPSA) is 36.4 Å². The van der Waals surface area contributed by atoms with Crippen molar-refractivity contribution in [1.82, 2.24) is 5.43 Å². The molecule has 5 rings (SSSR count). The molecule has 0 unspecified atom stereocenters. The third-order valence-corrected chi connectivity index (χ3v) is 6.36. The van der Waals surface area contributed by atoms with E-state index in [1.807, 2.05) is 30.3 Å². The minimum Gasteiger partial charge on any atom is -0.331 e. The number of hydrazone groups is 1. The Hall–Kier alpha value is -1.42. The molecule has 4 heteroatoms. The number of hydrogen-bond acceptors (Lipinski definition) is 2. The molecule has 1 aromatic carbocycles. The largest absolute Gasteiger partial charge is 0.331 e. The Bertz CT molecular complexity index is 587. The van der Waals surface area contributed by atoms with Gasteiger partial charge in [-0.2, -0.15) is 5.10 Å². The molecule has 3 nitrogen and oxygen atoms in total. The van der Waals surface area contributed by atoms with Gasteiger partial charge in [-0.05, 0) is 87.6 Å². The molecule has 4 bridgehead atoms. The van der Waals surface area contributed by atoms with Gasteiger partial charge in [0.25, 0.3) is 0 Å². The Morgan fingerprint density at radius 3 is 2.17 bits per heavy atom. The zero-order chi connectivity index (χ0) is 15.9. The van der Waals surface area contributed by atoms with E-state index < -0.39 is 0 Å². The standard InChI is InChI=1S/C19H25N3S/c1-13(21-22-18(23)20-17-5-3-2-4-6-17)19-10-14-7-15(11-19)9-16(8-14)12-19/h2-6,14-16H,7-12H2,1H3,(H2,20,22,23). The predicted octanol–water partition coefficient (Wildman–Crippen LogP) is 4.57. The summed E-state index contributed by atoms with van der Waals surface area (Å²) in [7, 11) is 0. The van der Waals surface area contributed by atoms with E-state index in [1.54, 1.807) is 0 Å². The summed E-state index contributed by atoms with van der Waals surface area (Å²) in [5, 5.41) is 8.43. The number of rotatable bonds is 3. The van der Waals surface area contributed by atoms with Crippen molar-refractivity contribution in [3.8, 4) is 0 Å². The maximum absolute atomic E-state index is 5.37. The lowest BCUT2D eigenvalue weighted by molar-refractivity contribution is -0.0128. The van der Waals surface area contributed by atoms with Crippen LogP contribution in [-0.2, 0) is 0 Å². The Labute approximate surface area is 143 Å². The number of hydrogen-bond donors (Lipinski definition) is 2. The lowest BCUT2D eigenvalue weighted by Crippen LogP contribution is -2.49. The van der Waals surface area contributed by atoms with Gasteiger partial charge in [0.05, 0.1) is 0 Å². The van der Waals surface area contributed by atoms with Gasteiger partial charge in [-0.3, -0.25) is 5.43 Å². The van der Waals surface area contributed by atoms with E-state index in [0.29, 0.717) is 10.5 Å². The number of nitrogens with one attached hydrogen (secondary N) is 2. The van der Waals surface area contributed by atoms with Crippen molar-refractivity contribution in [2.24, 2.45) is 28.3 Å². The second-order valence-corrected chi connectivity index (χ2v) is 8.24. The second-order valence-electron chi connectivity index (χ2n) is 7.83. The van der Waals surface area contributed by atoms with Gasteiger partial charge in [0.1, 0.15) is 0 Å². The van der Waals surface area contributed by atoms with Crippen LogP contribution in [0.5, 0.6) is 0 Å². The Morgan fingerprint density at radius 2 is 1.61 bits per heavy atom. The summed E-state index contributed by atoms with van der Waals surface area (Å²) in [5.74, 6) is 2.84. The number of para-hydroxylation sites is 1. The molecule has 0 aromatic heterocycles. The van der Waals surface area contributed by atoms with E-state index in [2.05, 4.69) is 22.8 Å². The van der Waals surface area contributed by atoms with Gasteiger partial charge < -0.3 is 5.32 Å². The first kappa shape index (κ1) is 15.1. The molecular formula is C19H25N3S. The van der Waals surface area contributed by atoms with Gasteiger partial charge in [-0.1, -0.05) is 18.2 Å². The fraction of sp³-hybridized carbons (Fsp3) is 0.579. The molecule has 4 aliphatic carbocycles. The highest BCUT2D eigenvalue weighted by molar-refractivity contribution is 7.80. The first-order valence-electron chi connectivity index (χ1n) is 8.80. The lowest BCUT2D eigenvalue weighted by atomic mass is 9.48. The average molecular weight is 327 g/mol. The molecule has 23 heavy (non-hydrogen) atoms. The molecule has 0 atom stereocenters. The van der Waals surface area contributed by atoms with Crippen LogP contribution < -0.4 is 10.7 Å². The maximum Gasteiger partial charge on any atom is 0.191 e. The first-order valence-corrected chi connectivity index (χ1v) is 9.21. The molecule has 0 saturated heterocycles. The van der Waals surface area contributed by atoms with E-state index in [9.17, 15) is 0 Å². The number of anilines is 1. The van der Waals surface area contributed by atoms with Crippen LogP contribution in [0.25, 0.3) is 0 Å². The van der Waals surface area contributed by atoms with E-state index >= 15 is 0 Å².